The second-order valence-electron chi connectivity index (χ2n) is 7.16. The number of aromatic nitrogens is 3. The Labute approximate surface area is 175 Å². The molecule has 30 heavy (non-hydrogen) atoms. The maximum absolute atomic E-state index is 5.65. The van der Waals surface area contributed by atoms with Crippen LogP contribution in [-0.2, 0) is 11.3 Å². The number of rotatable bonds is 9. The molecule has 0 bridgehead atoms. The highest BCUT2D eigenvalue weighted by Gasteiger charge is 2.31. The molecule has 4 rings (SSSR count). The largest absolute Gasteiger partial charge is 0.497 e. The standard InChI is InChI=1S/C22H26N4O4/c1-27-11-12-29-20-14-17(8-9-23-20)21-24-22(30-25-21)19-7-4-10-26(19)15-16-5-3-6-18(13-16)28-2/h3,5-6,8-9,13-14,19H,4,7,10-12,15H2,1-2H3/t19-/m0/s1. The zero-order valence-corrected chi connectivity index (χ0v) is 17.3. The molecule has 1 fully saturated rings. The fourth-order valence-electron chi connectivity index (χ4n) is 3.65. The first-order chi connectivity index (χ1) is 14.8. The zero-order chi connectivity index (χ0) is 20.8. The molecule has 8 heteroatoms. The van der Waals surface area contributed by atoms with Crippen molar-refractivity contribution in [2.24, 2.45) is 0 Å². The van der Waals surface area contributed by atoms with Crippen molar-refractivity contribution in [2.75, 3.05) is 34.0 Å². The fraction of sp³-hybridized carbons (Fsp3) is 0.409. The highest BCUT2D eigenvalue weighted by atomic mass is 16.5. The quantitative estimate of drug-likeness (QED) is 0.496. The summed E-state index contributed by atoms with van der Waals surface area (Å²) in [5.74, 6) is 2.56. The van der Waals surface area contributed by atoms with Gasteiger partial charge in [0.15, 0.2) is 0 Å². The molecule has 0 radical (unpaired) electrons. The Bertz CT molecular complexity index is 962. The normalized spacial score (nSPS) is 16.7. The fourth-order valence-corrected chi connectivity index (χ4v) is 3.65. The maximum atomic E-state index is 5.65. The summed E-state index contributed by atoms with van der Waals surface area (Å²) in [4.78, 5) is 11.3. The molecular formula is C22H26N4O4. The van der Waals surface area contributed by atoms with Gasteiger partial charge in [0.05, 0.1) is 19.8 Å². The molecular weight excluding hydrogens is 384 g/mol. The number of hydrogen-bond acceptors (Lipinski definition) is 8. The zero-order valence-electron chi connectivity index (χ0n) is 17.3. The Morgan fingerprint density at radius 2 is 2.10 bits per heavy atom. The molecule has 0 amide bonds. The third kappa shape index (κ3) is 4.77. The molecule has 158 valence electrons. The van der Waals surface area contributed by atoms with Gasteiger partial charge >= 0.3 is 0 Å². The second kappa shape index (κ2) is 9.69. The molecule has 1 atom stereocenters. The molecule has 1 aliphatic rings. The van der Waals surface area contributed by atoms with E-state index in [-0.39, 0.29) is 6.04 Å². The third-order valence-corrected chi connectivity index (χ3v) is 5.14. The van der Waals surface area contributed by atoms with E-state index in [0.717, 1.165) is 37.2 Å². The van der Waals surface area contributed by atoms with Gasteiger partial charge in [0.1, 0.15) is 12.4 Å². The van der Waals surface area contributed by atoms with Gasteiger partial charge in [-0.1, -0.05) is 17.3 Å². The summed E-state index contributed by atoms with van der Waals surface area (Å²) >= 11 is 0. The van der Waals surface area contributed by atoms with E-state index in [9.17, 15) is 0 Å². The molecule has 0 spiro atoms. The highest BCUT2D eigenvalue weighted by Crippen LogP contribution is 2.33. The lowest BCUT2D eigenvalue weighted by atomic mass is 10.1. The smallest absolute Gasteiger partial charge is 0.244 e. The van der Waals surface area contributed by atoms with Gasteiger partial charge in [-0.2, -0.15) is 4.98 Å². The highest BCUT2D eigenvalue weighted by molar-refractivity contribution is 5.55. The summed E-state index contributed by atoms with van der Waals surface area (Å²) in [6.45, 7) is 2.74. The van der Waals surface area contributed by atoms with E-state index in [1.165, 1.54) is 5.56 Å². The molecule has 3 aromatic rings. The lowest BCUT2D eigenvalue weighted by Gasteiger charge is -2.21. The van der Waals surface area contributed by atoms with Crippen molar-refractivity contribution < 1.29 is 18.7 Å². The van der Waals surface area contributed by atoms with Gasteiger partial charge in [-0.05, 0) is 43.1 Å². The van der Waals surface area contributed by atoms with Crippen molar-refractivity contribution in [3.63, 3.8) is 0 Å². The van der Waals surface area contributed by atoms with Crippen LogP contribution >= 0.6 is 0 Å². The van der Waals surface area contributed by atoms with Crippen LogP contribution in [0.15, 0.2) is 47.1 Å². The van der Waals surface area contributed by atoms with Gasteiger partial charge in [0.2, 0.25) is 17.6 Å². The first-order valence-electron chi connectivity index (χ1n) is 10.1. The summed E-state index contributed by atoms with van der Waals surface area (Å²) in [6, 6.07) is 11.9. The summed E-state index contributed by atoms with van der Waals surface area (Å²) in [6.07, 6.45) is 3.77. The molecule has 0 N–H and O–H groups in total. The number of benzene rings is 1. The van der Waals surface area contributed by atoms with Crippen molar-refractivity contribution >= 4 is 0 Å². The van der Waals surface area contributed by atoms with Crippen molar-refractivity contribution in [3.8, 4) is 23.0 Å². The van der Waals surface area contributed by atoms with Gasteiger partial charge in [-0.25, -0.2) is 4.98 Å². The lowest BCUT2D eigenvalue weighted by Crippen LogP contribution is -2.23. The molecule has 1 saturated heterocycles. The molecule has 2 aromatic heterocycles. The van der Waals surface area contributed by atoms with Crippen molar-refractivity contribution in [2.45, 2.75) is 25.4 Å². The van der Waals surface area contributed by atoms with Crippen LogP contribution in [0.25, 0.3) is 11.4 Å². The Morgan fingerprint density at radius 3 is 2.97 bits per heavy atom. The molecule has 1 aromatic carbocycles. The van der Waals surface area contributed by atoms with E-state index in [1.807, 2.05) is 24.3 Å². The van der Waals surface area contributed by atoms with Gasteiger partial charge in [0.25, 0.3) is 0 Å². The minimum atomic E-state index is 0.108. The van der Waals surface area contributed by atoms with E-state index >= 15 is 0 Å². The van der Waals surface area contributed by atoms with Crippen molar-refractivity contribution in [1.82, 2.24) is 20.0 Å². The first kappa shape index (κ1) is 20.3. The van der Waals surface area contributed by atoms with Crippen molar-refractivity contribution in [3.05, 3.63) is 54.0 Å². The summed E-state index contributed by atoms with van der Waals surface area (Å²) in [5.41, 5.74) is 2.01. The topological polar surface area (TPSA) is 82.7 Å². The van der Waals surface area contributed by atoms with Crippen LogP contribution in [0.3, 0.4) is 0 Å². The molecule has 3 heterocycles. The van der Waals surface area contributed by atoms with Crippen LogP contribution in [-0.4, -0.2) is 54.0 Å². The van der Waals surface area contributed by atoms with E-state index in [0.29, 0.717) is 30.8 Å². The monoisotopic (exact) mass is 410 g/mol. The van der Waals surface area contributed by atoms with Crippen LogP contribution in [0.4, 0.5) is 0 Å². The number of pyridine rings is 1. The number of hydrogen-bond donors (Lipinski definition) is 0. The molecule has 8 nitrogen and oxygen atoms in total. The SMILES string of the molecule is COCCOc1cc(-c2noc([C@@H]3CCCN3Cc3cccc(OC)c3)n2)ccn1. The van der Waals surface area contributed by atoms with Crippen molar-refractivity contribution in [1.29, 1.82) is 0 Å². The average Bonchev–Trinajstić information content (AvgIpc) is 3.44. The minimum absolute atomic E-state index is 0.108. The molecule has 1 aliphatic heterocycles. The van der Waals surface area contributed by atoms with Crippen LogP contribution in [0.2, 0.25) is 0 Å². The van der Waals surface area contributed by atoms with Gasteiger partial charge in [-0.15, -0.1) is 0 Å². The number of likely N-dealkylation sites (tertiary alicyclic amines) is 1. The number of nitrogens with zero attached hydrogens (tertiary/aromatic N) is 4. The van der Waals surface area contributed by atoms with E-state index in [4.69, 9.17) is 18.7 Å². The van der Waals surface area contributed by atoms with E-state index in [2.05, 4.69) is 32.2 Å². The van der Waals surface area contributed by atoms with Crippen LogP contribution in [0.5, 0.6) is 11.6 Å². The summed E-state index contributed by atoms with van der Waals surface area (Å²) < 4.78 is 21.6. The van der Waals surface area contributed by atoms with Gasteiger partial charge < -0.3 is 18.7 Å². The molecule has 0 unspecified atom stereocenters. The predicted molar refractivity (Wildman–Crippen MR) is 110 cm³/mol. The minimum Gasteiger partial charge on any atom is -0.497 e. The van der Waals surface area contributed by atoms with Gasteiger partial charge in [0, 0.05) is 31.5 Å². The Balaban J connectivity index is 1.47. The van der Waals surface area contributed by atoms with Crippen LogP contribution < -0.4 is 9.47 Å². The number of methoxy groups -OCH3 is 2. The molecule has 0 aliphatic carbocycles. The van der Waals surface area contributed by atoms with Crippen LogP contribution in [0.1, 0.15) is 30.3 Å². The lowest BCUT2D eigenvalue weighted by molar-refractivity contribution is 0.144. The summed E-state index contributed by atoms with van der Waals surface area (Å²) in [7, 11) is 3.32. The second-order valence-corrected chi connectivity index (χ2v) is 7.16. The van der Waals surface area contributed by atoms with E-state index in [1.54, 1.807) is 20.4 Å². The average molecular weight is 410 g/mol. The molecule has 0 saturated carbocycles. The van der Waals surface area contributed by atoms with Crippen LogP contribution in [0, 0.1) is 0 Å². The predicted octanol–water partition coefficient (Wildman–Crippen LogP) is 3.50. The maximum Gasteiger partial charge on any atom is 0.244 e. The van der Waals surface area contributed by atoms with Gasteiger partial charge in [-0.3, -0.25) is 4.90 Å². The summed E-state index contributed by atoms with van der Waals surface area (Å²) in [5, 5.41) is 4.20. The Hall–Kier alpha value is -2.97. The first-order valence-corrected chi connectivity index (χ1v) is 10.1. The Morgan fingerprint density at radius 1 is 1.17 bits per heavy atom. The number of ether oxygens (including phenoxy) is 3. The Kier molecular flexibility index (Phi) is 6.56. The van der Waals surface area contributed by atoms with E-state index < -0.39 is 0 Å². The third-order valence-electron chi connectivity index (χ3n) is 5.14.